The van der Waals surface area contributed by atoms with Gasteiger partial charge in [-0.3, -0.25) is 9.48 Å². The van der Waals surface area contributed by atoms with Crippen LogP contribution in [0.25, 0.3) is 0 Å². The molecule has 0 aliphatic heterocycles. The highest BCUT2D eigenvalue weighted by atomic mass is 19.1. The Bertz CT molecular complexity index is 1310. The number of ether oxygens (including phenoxy) is 1. The summed E-state index contributed by atoms with van der Waals surface area (Å²) in [7, 11) is 0. The summed E-state index contributed by atoms with van der Waals surface area (Å²) in [6.45, 7) is 7.92. The topological polar surface area (TPSA) is 82.2 Å². The molecule has 0 unspecified atom stereocenters. The van der Waals surface area contributed by atoms with Crippen molar-refractivity contribution in [2.75, 3.05) is 5.32 Å². The number of rotatable bonds is 7. The molecule has 0 atom stereocenters. The number of carbonyl (C=O) groups is 1. The number of nitrogens with one attached hydrogen (secondary N) is 1. The van der Waals surface area contributed by atoms with E-state index in [0.29, 0.717) is 22.7 Å². The fourth-order valence-corrected chi connectivity index (χ4v) is 3.45. The number of hydrogen-bond acceptors (Lipinski definition) is 5. The van der Waals surface area contributed by atoms with E-state index in [0.717, 1.165) is 22.6 Å². The molecule has 33 heavy (non-hydrogen) atoms. The minimum atomic E-state index is -0.457. The van der Waals surface area contributed by atoms with Crippen LogP contribution >= 0.6 is 0 Å². The van der Waals surface area contributed by atoms with Crippen LogP contribution in [0.1, 0.15) is 44.2 Å². The van der Waals surface area contributed by atoms with Gasteiger partial charge < -0.3 is 14.6 Å². The molecule has 2 aromatic carbocycles. The molecule has 0 spiro atoms. The van der Waals surface area contributed by atoms with Gasteiger partial charge in [0.2, 0.25) is 0 Å². The summed E-state index contributed by atoms with van der Waals surface area (Å²) in [4.78, 5) is 12.9. The summed E-state index contributed by atoms with van der Waals surface area (Å²) in [6, 6.07) is 14.2. The van der Waals surface area contributed by atoms with Crippen LogP contribution < -0.4 is 10.1 Å². The third-order valence-corrected chi connectivity index (χ3v) is 5.42. The van der Waals surface area contributed by atoms with E-state index in [1.165, 1.54) is 6.07 Å². The van der Waals surface area contributed by atoms with Gasteiger partial charge in [-0.2, -0.15) is 5.10 Å². The second kappa shape index (κ2) is 9.28. The second-order valence-corrected chi connectivity index (χ2v) is 8.00. The summed E-state index contributed by atoms with van der Waals surface area (Å²) < 4.78 is 26.8. The molecule has 0 saturated carbocycles. The predicted molar refractivity (Wildman–Crippen MR) is 122 cm³/mol. The van der Waals surface area contributed by atoms with E-state index in [9.17, 15) is 9.18 Å². The lowest BCUT2D eigenvalue weighted by molar-refractivity contribution is 0.101. The number of aryl methyl sites for hydroxylation is 4. The number of amides is 1. The third-order valence-electron chi connectivity index (χ3n) is 5.42. The van der Waals surface area contributed by atoms with Gasteiger partial charge in [0, 0.05) is 17.3 Å². The molecule has 0 bridgehead atoms. The van der Waals surface area contributed by atoms with Crippen LogP contribution in [0.4, 0.5) is 10.2 Å². The van der Waals surface area contributed by atoms with E-state index in [-0.39, 0.29) is 24.7 Å². The van der Waals surface area contributed by atoms with E-state index in [1.54, 1.807) is 35.9 Å². The number of halogens is 1. The first-order valence-corrected chi connectivity index (χ1v) is 10.6. The van der Waals surface area contributed by atoms with Crippen LogP contribution in [0.5, 0.6) is 5.75 Å². The number of anilines is 1. The van der Waals surface area contributed by atoms with Gasteiger partial charge in [-0.1, -0.05) is 35.5 Å². The van der Waals surface area contributed by atoms with Crippen molar-refractivity contribution < 1.29 is 18.4 Å². The second-order valence-electron chi connectivity index (χ2n) is 8.00. The van der Waals surface area contributed by atoms with Crippen molar-refractivity contribution in [1.82, 2.24) is 14.9 Å². The van der Waals surface area contributed by atoms with Crippen LogP contribution in [0.3, 0.4) is 0 Å². The summed E-state index contributed by atoms with van der Waals surface area (Å²) in [5, 5.41) is 11.1. The maximum atomic E-state index is 14.0. The lowest BCUT2D eigenvalue weighted by Gasteiger charge is -2.10. The summed E-state index contributed by atoms with van der Waals surface area (Å²) in [5.41, 5.74) is 4.08. The summed E-state index contributed by atoms with van der Waals surface area (Å²) in [5.74, 6) is 0.832. The predicted octanol–water partition coefficient (Wildman–Crippen LogP) is 5.12. The van der Waals surface area contributed by atoms with Crippen molar-refractivity contribution in [2.24, 2.45) is 0 Å². The molecule has 7 nitrogen and oxygen atoms in total. The highest BCUT2D eigenvalue weighted by Gasteiger charge is 2.22. The first-order chi connectivity index (χ1) is 15.8. The maximum Gasteiger partial charge on any atom is 0.279 e. The van der Waals surface area contributed by atoms with Crippen molar-refractivity contribution in [3.8, 4) is 5.75 Å². The first kappa shape index (κ1) is 22.3. The summed E-state index contributed by atoms with van der Waals surface area (Å²) in [6.07, 6.45) is 0. The lowest BCUT2D eigenvalue weighted by atomic mass is 10.1. The molecule has 0 aliphatic rings. The third kappa shape index (κ3) is 4.95. The Morgan fingerprint density at radius 3 is 2.70 bits per heavy atom. The van der Waals surface area contributed by atoms with Gasteiger partial charge in [0.1, 0.15) is 23.9 Å². The Kier molecular flexibility index (Phi) is 6.26. The number of benzene rings is 2. The number of aromatic nitrogens is 3. The maximum absolute atomic E-state index is 14.0. The highest BCUT2D eigenvalue weighted by Crippen LogP contribution is 2.23. The normalized spacial score (nSPS) is 10.9. The lowest BCUT2D eigenvalue weighted by Crippen LogP contribution is -2.16. The molecule has 0 aliphatic carbocycles. The van der Waals surface area contributed by atoms with E-state index < -0.39 is 5.91 Å². The van der Waals surface area contributed by atoms with Gasteiger partial charge >= 0.3 is 0 Å². The van der Waals surface area contributed by atoms with Crippen LogP contribution in [-0.4, -0.2) is 20.8 Å². The van der Waals surface area contributed by atoms with Gasteiger partial charge in [0.05, 0.1) is 12.1 Å². The average molecular weight is 448 g/mol. The van der Waals surface area contributed by atoms with Gasteiger partial charge in [-0.15, -0.1) is 0 Å². The van der Waals surface area contributed by atoms with Gasteiger partial charge in [-0.25, -0.2) is 4.39 Å². The molecule has 1 N–H and O–H groups in total. The van der Waals surface area contributed by atoms with E-state index in [4.69, 9.17) is 9.26 Å². The highest BCUT2D eigenvalue weighted by molar-refractivity contribution is 6.03. The SMILES string of the molecule is Cc1ccc(C)c(OCc2c(C(=O)Nc3cc(C)n(Cc4ccccc4F)n3)noc2C)c1. The fourth-order valence-electron chi connectivity index (χ4n) is 3.45. The van der Waals surface area contributed by atoms with Crippen LogP contribution in [0, 0.1) is 33.5 Å². The quantitative estimate of drug-likeness (QED) is 0.424. The molecule has 0 radical (unpaired) electrons. The van der Waals surface area contributed by atoms with E-state index in [1.807, 2.05) is 39.0 Å². The Labute approximate surface area is 191 Å². The van der Waals surface area contributed by atoms with Crippen molar-refractivity contribution in [1.29, 1.82) is 0 Å². The minimum absolute atomic E-state index is 0.138. The average Bonchev–Trinajstić information content (AvgIpc) is 3.32. The van der Waals surface area contributed by atoms with E-state index >= 15 is 0 Å². The smallest absolute Gasteiger partial charge is 0.279 e. The van der Waals surface area contributed by atoms with Crippen LogP contribution in [0.2, 0.25) is 0 Å². The van der Waals surface area contributed by atoms with Crippen LogP contribution in [-0.2, 0) is 13.2 Å². The molecule has 1 amide bonds. The molecular formula is C25H25FN4O3. The van der Waals surface area contributed by atoms with Gasteiger partial charge in [0.15, 0.2) is 11.5 Å². The molecule has 4 rings (SSSR count). The fraction of sp³-hybridized carbons (Fsp3) is 0.240. The monoisotopic (exact) mass is 448 g/mol. The molecule has 170 valence electrons. The molecule has 0 fully saturated rings. The molecule has 4 aromatic rings. The number of carbonyl (C=O) groups excluding carboxylic acids is 1. The van der Waals surface area contributed by atoms with Crippen molar-refractivity contribution in [3.05, 3.63) is 93.8 Å². The van der Waals surface area contributed by atoms with Crippen molar-refractivity contribution in [3.63, 3.8) is 0 Å². The van der Waals surface area contributed by atoms with Crippen LogP contribution in [0.15, 0.2) is 53.1 Å². The molecule has 2 heterocycles. The van der Waals surface area contributed by atoms with Gasteiger partial charge in [0.25, 0.3) is 5.91 Å². The van der Waals surface area contributed by atoms with Gasteiger partial charge in [-0.05, 0) is 51.0 Å². The Morgan fingerprint density at radius 2 is 1.91 bits per heavy atom. The molecule has 2 aromatic heterocycles. The summed E-state index contributed by atoms with van der Waals surface area (Å²) >= 11 is 0. The zero-order valence-corrected chi connectivity index (χ0v) is 19.0. The molecular weight excluding hydrogens is 423 g/mol. The first-order valence-electron chi connectivity index (χ1n) is 10.6. The largest absolute Gasteiger partial charge is 0.488 e. The Morgan fingerprint density at radius 1 is 1.12 bits per heavy atom. The molecule has 0 saturated heterocycles. The Hall–Kier alpha value is -3.94. The number of nitrogens with zero attached hydrogens (tertiary/aromatic N) is 3. The zero-order chi connectivity index (χ0) is 23.5. The minimum Gasteiger partial charge on any atom is -0.488 e. The van der Waals surface area contributed by atoms with E-state index in [2.05, 4.69) is 15.6 Å². The molecule has 8 heteroatoms. The zero-order valence-electron chi connectivity index (χ0n) is 19.0. The van der Waals surface area contributed by atoms with Crippen molar-refractivity contribution in [2.45, 2.75) is 40.8 Å². The number of hydrogen-bond donors (Lipinski definition) is 1. The Balaban J connectivity index is 1.48. The van der Waals surface area contributed by atoms with Crippen molar-refractivity contribution >= 4 is 11.7 Å². The standard InChI is InChI=1S/C25H25FN4O3/c1-15-9-10-16(2)22(11-15)32-14-20-18(4)33-29-24(20)25(31)27-23-12-17(3)30(28-23)13-19-7-5-6-8-21(19)26/h5-12H,13-14H2,1-4H3,(H,27,28,31).